The van der Waals surface area contributed by atoms with Gasteiger partial charge in [-0.1, -0.05) is 18.2 Å². The van der Waals surface area contributed by atoms with Gasteiger partial charge in [0.05, 0.1) is 7.11 Å². The van der Waals surface area contributed by atoms with Crippen molar-refractivity contribution in [3.8, 4) is 10.4 Å². The van der Waals surface area contributed by atoms with Crippen LogP contribution in [0.1, 0.15) is 15.2 Å². The zero-order chi connectivity index (χ0) is 14.3. The lowest BCUT2D eigenvalue weighted by molar-refractivity contribution is 0.0601. The number of methoxy groups -OCH3 is 1. The van der Waals surface area contributed by atoms with Gasteiger partial charge in [0.1, 0.15) is 4.88 Å². The Bertz CT molecular complexity index is 681. The molecule has 1 aromatic heterocycles. The molecule has 3 nitrogen and oxygen atoms in total. The van der Waals surface area contributed by atoms with Crippen LogP contribution in [0.15, 0.2) is 24.3 Å². The minimum absolute atomic E-state index is 0.0665. The van der Waals surface area contributed by atoms with E-state index in [1.165, 1.54) is 18.4 Å². The van der Waals surface area contributed by atoms with Crippen LogP contribution in [0.2, 0.25) is 0 Å². The first kappa shape index (κ1) is 13.1. The summed E-state index contributed by atoms with van der Waals surface area (Å²) in [7, 11) is 3.27. The van der Waals surface area contributed by atoms with Crippen molar-refractivity contribution in [3.63, 3.8) is 0 Å². The van der Waals surface area contributed by atoms with Crippen LogP contribution in [0, 0.1) is 5.82 Å². The fourth-order valence-corrected chi connectivity index (χ4v) is 3.69. The van der Waals surface area contributed by atoms with Gasteiger partial charge in [0, 0.05) is 35.3 Å². The molecule has 0 atom stereocenters. The van der Waals surface area contributed by atoms with Gasteiger partial charge in [-0.2, -0.15) is 0 Å². The van der Waals surface area contributed by atoms with E-state index in [1.54, 1.807) is 0 Å². The van der Waals surface area contributed by atoms with Gasteiger partial charge in [-0.3, -0.25) is 0 Å². The molecule has 104 valence electrons. The number of thiophene rings is 1. The Hall–Kier alpha value is -1.88. The second-order valence-electron chi connectivity index (χ2n) is 4.73. The standard InChI is InChI=1S/C15H14FNO2S/c1-17-8-7-10-12(16)14(15(18)19-2)20-13(10)9-5-3-4-6-11(9)17/h3-6H,7-8H2,1-2H3. The van der Waals surface area contributed by atoms with E-state index in [0.29, 0.717) is 12.0 Å². The predicted octanol–water partition coefficient (Wildman–Crippen LogP) is 3.33. The molecule has 20 heavy (non-hydrogen) atoms. The SMILES string of the molecule is COC(=O)c1sc2c(c1F)CCN(C)c1ccccc1-2. The summed E-state index contributed by atoms with van der Waals surface area (Å²) in [6.07, 6.45) is 0.583. The Morgan fingerprint density at radius 3 is 2.90 bits per heavy atom. The van der Waals surface area contributed by atoms with Gasteiger partial charge in [0.25, 0.3) is 0 Å². The first-order valence-corrected chi connectivity index (χ1v) is 7.15. The number of ether oxygens (including phenoxy) is 1. The van der Waals surface area contributed by atoms with E-state index in [4.69, 9.17) is 0 Å². The highest BCUT2D eigenvalue weighted by Gasteiger charge is 2.28. The monoisotopic (exact) mass is 291 g/mol. The minimum Gasteiger partial charge on any atom is -0.465 e. The highest BCUT2D eigenvalue weighted by molar-refractivity contribution is 7.17. The Labute approximate surface area is 120 Å². The van der Waals surface area contributed by atoms with E-state index in [2.05, 4.69) is 9.64 Å². The zero-order valence-corrected chi connectivity index (χ0v) is 12.1. The Balaban J connectivity index is 2.23. The molecule has 0 unspecified atom stereocenters. The molecule has 2 heterocycles. The number of esters is 1. The van der Waals surface area contributed by atoms with Crippen LogP contribution in [0.4, 0.5) is 10.1 Å². The van der Waals surface area contributed by atoms with Crippen molar-refractivity contribution in [1.29, 1.82) is 0 Å². The summed E-state index contributed by atoms with van der Waals surface area (Å²) in [4.78, 5) is 14.7. The maximum atomic E-state index is 14.4. The molecule has 3 rings (SSSR count). The van der Waals surface area contributed by atoms with Crippen molar-refractivity contribution in [3.05, 3.63) is 40.5 Å². The lowest BCUT2D eigenvalue weighted by Crippen LogP contribution is -2.19. The van der Waals surface area contributed by atoms with E-state index >= 15 is 0 Å². The first-order valence-electron chi connectivity index (χ1n) is 6.33. The molecule has 5 heteroatoms. The summed E-state index contributed by atoms with van der Waals surface area (Å²) in [6.45, 7) is 0.721. The summed E-state index contributed by atoms with van der Waals surface area (Å²) in [6, 6.07) is 7.87. The number of benzene rings is 1. The van der Waals surface area contributed by atoms with Crippen LogP contribution >= 0.6 is 11.3 Å². The number of hydrogen-bond acceptors (Lipinski definition) is 4. The number of rotatable bonds is 1. The summed E-state index contributed by atoms with van der Waals surface area (Å²) in [5.41, 5.74) is 2.65. The number of halogens is 1. The van der Waals surface area contributed by atoms with Gasteiger partial charge in [0.15, 0.2) is 5.82 Å². The molecule has 0 aliphatic carbocycles. The maximum Gasteiger partial charge on any atom is 0.351 e. The summed E-state index contributed by atoms with van der Waals surface area (Å²) in [5, 5.41) is 0. The highest BCUT2D eigenvalue weighted by Crippen LogP contribution is 2.42. The second-order valence-corrected chi connectivity index (χ2v) is 5.75. The van der Waals surface area contributed by atoms with Gasteiger partial charge < -0.3 is 9.64 Å². The van der Waals surface area contributed by atoms with Gasteiger partial charge in [-0.25, -0.2) is 9.18 Å². The summed E-state index contributed by atoms with van der Waals surface area (Å²) >= 11 is 1.18. The first-order chi connectivity index (χ1) is 9.63. The molecule has 2 aromatic rings. The van der Waals surface area contributed by atoms with Crippen molar-refractivity contribution in [1.82, 2.24) is 0 Å². The highest BCUT2D eigenvalue weighted by atomic mass is 32.1. The summed E-state index contributed by atoms with van der Waals surface area (Å²) < 4.78 is 19.1. The molecule has 0 spiro atoms. The fourth-order valence-electron chi connectivity index (χ4n) is 2.51. The second kappa shape index (κ2) is 4.90. The molecule has 0 N–H and O–H groups in total. The Kier molecular flexibility index (Phi) is 3.22. The normalized spacial score (nSPS) is 13.4. The van der Waals surface area contributed by atoms with Gasteiger partial charge in [-0.05, 0) is 12.5 Å². The molecule has 1 aromatic carbocycles. The van der Waals surface area contributed by atoms with E-state index in [9.17, 15) is 9.18 Å². The lowest BCUT2D eigenvalue weighted by Gasteiger charge is -2.18. The predicted molar refractivity (Wildman–Crippen MR) is 78.0 cm³/mol. The molecule has 0 fully saturated rings. The van der Waals surface area contributed by atoms with Crippen LogP contribution < -0.4 is 4.90 Å². The summed E-state index contributed by atoms with van der Waals surface area (Å²) in [5.74, 6) is -1.03. The molecular formula is C15H14FNO2S. The number of para-hydroxylation sites is 1. The maximum absolute atomic E-state index is 14.4. The molecule has 0 bridgehead atoms. The number of fused-ring (bicyclic) bond motifs is 3. The molecule has 0 amide bonds. The largest absolute Gasteiger partial charge is 0.465 e. The number of hydrogen-bond donors (Lipinski definition) is 0. The van der Waals surface area contributed by atoms with Crippen molar-refractivity contribution in [2.45, 2.75) is 6.42 Å². The smallest absolute Gasteiger partial charge is 0.351 e. The molecular weight excluding hydrogens is 277 g/mol. The van der Waals surface area contributed by atoms with Crippen LogP contribution in [0.25, 0.3) is 10.4 Å². The zero-order valence-electron chi connectivity index (χ0n) is 11.3. The molecule has 0 saturated carbocycles. The average Bonchev–Trinajstić information content (AvgIpc) is 2.73. The lowest BCUT2D eigenvalue weighted by atomic mass is 10.1. The third-order valence-electron chi connectivity index (χ3n) is 3.57. The molecule has 1 aliphatic rings. The van der Waals surface area contributed by atoms with Crippen molar-refractivity contribution >= 4 is 23.0 Å². The third kappa shape index (κ3) is 1.89. The fraction of sp³-hybridized carbons (Fsp3) is 0.267. The Morgan fingerprint density at radius 1 is 1.40 bits per heavy atom. The van der Waals surface area contributed by atoms with Crippen molar-refractivity contribution in [2.75, 3.05) is 25.6 Å². The number of nitrogens with zero attached hydrogens (tertiary/aromatic N) is 1. The van der Waals surface area contributed by atoms with E-state index in [-0.39, 0.29) is 4.88 Å². The third-order valence-corrected chi connectivity index (χ3v) is 4.79. The number of likely N-dealkylation sites (N-methyl/N-ethyl adjacent to an activating group) is 1. The van der Waals surface area contributed by atoms with Crippen molar-refractivity contribution in [2.24, 2.45) is 0 Å². The van der Waals surface area contributed by atoms with Crippen molar-refractivity contribution < 1.29 is 13.9 Å². The number of carbonyl (C=O) groups excluding carboxylic acids is 1. The molecule has 1 aliphatic heterocycles. The van der Waals surface area contributed by atoms with Crippen LogP contribution in [-0.4, -0.2) is 26.7 Å². The number of anilines is 1. The molecule has 0 radical (unpaired) electrons. The number of carbonyl (C=O) groups is 1. The van der Waals surface area contributed by atoms with E-state index in [0.717, 1.165) is 22.7 Å². The topological polar surface area (TPSA) is 29.5 Å². The quantitative estimate of drug-likeness (QED) is 0.755. The van der Waals surface area contributed by atoms with Crippen LogP contribution in [0.5, 0.6) is 0 Å². The average molecular weight is 291 g/mol. The van der Waals surface area contributed by atoms with Gasteiger partial charge >= 0.3 is 5.97 Å². The van der Waals surface area contributed by atoms with E-state index in [1.807, 2.05) is 31.3 Å². The van der Waals surface area contributed by atoms with E-state index < -0.39 is 11.8 Å². The van der Waals surface area contributed by atoms with Gasteiger partial charge in [0.2, 0.25) is 0 Å². The van der Waals surface area contributed by atoms with Crippen LogP contribution in [0.3, 0.4) is 0 Å². The molecule has 0 saturated heterocycles. The minimum atomic E-state index is -0.605. The van der Waals surface area contributed by atoms with Gasteiger partial charge in [-0.15, -0.1) is 11.3 Å². The van der Waals surface area contributed by atoms with Crippen LogP contribution in [-0.2, 0) is 11.2 Å². The Morgan fingerprint density at radius 2 is 2.15 bits per heavy atom.